The molecule has 1 heterocycles. The van der Waals surface area contributed by atoms with Gasteiger partial charge >= 0.3 is 18.1 Å². The molecule has 0 unspecified atom stereocenters. The van der Waals surface area contributed by atoms with Gasteiger partial charge in [0.05, 0.1) is 11.7 Å². The second-order valence-corrected chi connectivity index (χ2v) is 11.5. The van der Waals surface area contributed by atoms with E-state index in [-0.39, 0.29) is 34.9 Å². The van der Waals surface area contributed by atoms with Gasteiger partial charge in [-0.25, -0.2) is 18.0 Å². The number of hydrogen-bond acceptors (Lipinski definition) is 7. The van der Waals surface area contributed by atoms with Gasteiger partial charge < -0.3 is 26.0 Å². The summed E-state index contributed by atoms with van der Waals surface area (Å²) in [5, 5.41) is 19.8. The van der Waals surface area contributed by atoms with E-state index in [0.717, 1.165) is 36.4 Å². The second kappa shape index (κ2) is 15.8. The molecule has 0 bridgehead atoms. The molecule has 48 heavy (non-hydrogen) atoms. The number of ether oxygens (including phenoxy) is 1. The Morgan fingerprint density at radius 3 is 1.98 bits per heavy atom. The van der Waals surface area contributed by atoms with Crippen LogP contribution in [0.15, 0.2) is 53.3 Å². The lowest BCUT2D eigenvalue weighted by atomic mass is 9.91. The number of aromatic nitrogens is 1. The number of hydrogen-bond donors (Lipinski definition) is 4. The third-order valence-corrected chi connectivity index (χ3v) is 7.36. The van der Waals surface area contributed by atoms with E-state index in [0.29, 0.717) is 36.7 Å². The summed E-state index contributed by atoms with van der Waals surface area (Å²) < 4.78 is 82.0. The van der Waals surface area contributed by atoms with Crippen LogP contribution in [-0.2, 0) is 9.59 Å². The van der Waals surface area contributed by atoms with Gasteiger partial charge in [0.15, 0.2) is 17.4 Å². The van der Waals surface area contributed by atoms with E-state index in [4.69, 9.17) is 20.4 Å². The fraction of sp³-hybridized carbons (Fsp3) is 0.375. The van der Waals surface area contributed by atoms with Crippen LogP contribution in [0.1, 0.15) is 61.9 Å². The van der Waals surface area contributed by atoms with Crippen molar-refractivity contribution in [1.82, 2.24) is 9.88 Å². The quantitative estimate of drug-likeness (QED) is 0.160. The van der Waals surface area contributed by atoms with Crippen molar-refractivity contribution in [3.8, 4) is 11.4 Å². The molecule has 0 aliphatic heterocycles. The van der Waals surface area contributed by atoms with Gasteiger partial charge in [-0.1, -0.05) is 13.8 Å². The fourth-order valence-corrected chi connectivity index (χ4v) is 5.09. The van der Waals surface area contributed by atoms with Crippen LogP contribution in [0.25, 0.3) is 5.69 Å². The average Bonchev–Trinajstić information content (AvgIpc) is 2.98. The molecule has 0 amide bonds. The van der Waals surface area contributed by atoms with E-state index in [1.807, 2.05) is 13.8 Å². The topological polar surface area (TPSA) is 161 Å². The van der Waals surface area contributed by atoms with E-state index < -0.39 is 64.5 Å². The van der Waals surface area contributed by atoms with Crippen molar-refractivity contribution >= 4 is 23.5 Å². The van der Waals surface area contributed by atoms with Gasteiger partial charge in [-0.05, 0) is 68.4 Å². The van der Waals surface area contributed by atoms with Crippen LogP contribution in [0.4, 0.5) is 32.2 Å². The summed E-state index contributed by atoms with van der Waals surface area (Å²) in [6, 6.07) is 8.01. The minimum atomic E-state index is -5.08. The number of alkyl halides is 3. The smallest absolute Gasteiger partial charge is 0.490 e. The Labute approximate surface area is 270 Å². The average molecular weight is 686 g/mol. The Morgan fingerprint density at radius 1 is 0.958 bits per heavy atom. The van der Waals surface area contributed by atoms with E-state index in [1.54, 1.807) is 0 Å². The number of halogens is 6. The zero-order valence-electron chi connectivity index (χ0n) is 25.7. The summed E-state index contributed by atoms with van der Waals surface area (Å²) in [5.41, 5.74) is 4.35. The Bertz CT molecular complexity index is 1660. The molecular weight excluding hydrogens is 652 g/mol. The molecule has 5 N–H and O–H groups in total. The maximum Gasteiger partial charge on any atom is 0.490 e. The molecule has 3 aromatic rings. The lowest BCUT2D eigenvalue weighted by molar-refractivity contribution is -0.192. The van der Waals surface area contributed by atoms with Gasteiger partial charge in [0.1, 0.15) is 29.1 Å². The molecule has 1 fully saturated rings. The third-order valence-electron chi connectivity index (χ3n) is 7.36. The highest BCUT2D eigenvalue weighted by Gasteiger charge is 2.38. The molecule has 16 heteroatoms. The summed E-state index contributed by atoms with van der Waals surface area (Å²) >= 11 is 0. The summed E-state index contributed by atoms with van der Waals surface area (Å²) in [4.78, 5) is 46.0. The normalized spacial score (nSPS) is 16.9. The van der Waals surface area contributed by atoms with Crippen molar-refractivity contribution in [2.24, 2.45) is 5.92 Å². The van der Waals surface area contributed by atoms with Gasteiger partial charge in [0, 0.05) is 29.8 Å². The summed E-state index contributed by atoms with van der Waals surface area (Å²) in [5.74, 6) is -7.41. The van der Waals surface area contributed by atoms with Crippen LogP contribution < -0.4 is 21.3 Å². The van der Waals surface area contributed by atoms with Crippen LogP contribution in [0.5, 0.6) is 5.75 Å². The molecule has 1 aromatic heterocycles. The highest BCUT2D eigenvalue weighted by Crippen LogP contribution is 2.30. The number of carbonyl (C=O) groups is 3. The summed E-state index contributed by atoms with van der Waals surface area (Å²) in [7, 11) is 0. The Hall–Kier alpha value is -4.86. The van der Waals surface area contributed by atoms with Crippen LogP contribution >= 0.6 is 0 Å². The molecule has 1 saturated carbocycles. The number of benzene rings is 2. The van der Waals surface area contributed by atoms with E-state index in [1.165, 1.54) is 12.1 Å². The van der Waals surface area contributed by atoms with Crippen molar-refractivity contribution in [3.63, 3.8) is 0 Å². The maximum atomic E-state index is 15.3. The molecule has 1 aliphatic carbocycles. The summed E-state index contributed by atoms with van der Waals surface area (Å²) in [6.45, 7) is 3.92. The zero-order chi connectivity index (χ0) is 35.9. The number of nitrogens with zero attached hydrogens (tertiary/aromatic N) is 1. The van der Waals surface area contributed by atoms with E-state index >= 15 is 8.78 Å². The van der Waals surface area contributed by atoms with Crippen molar-refractivity contribution in [2.75, 3.05) is 5.73 Å². The van der Waals surface area contributed by atoms with Gasteiger partial charge in [0.2, 0.25) is 0 Å². The molecular formula is C32H33F6N3O7. The highest BCUT2D eigenvalue weighted by molar-refractivity contribution is 6.11. The Balaban J connectivity index is 0.000000804. The number of carboxylic acids is 2. The van der Waals surface area contributed by atoms with E-state index in [9.17, 15) is 37.1 Å². The molecule has 260 valence electrons. The highest BCUT2D eigenvalue weighted by atomic mass is 19.4. The van der Waals surface area contributed by atoms with Crippen LogP contribution in [0.2, 0.25) is 0 Å². The number of ketones is 1. The maximum absolute atomic E-state index is 15.3. The molecule has 4 rings (SSSR count). The molecule has 2 aromatic carbocycles. The second-order valence-electron chi connectivity index (χ2n) is 11.5. The van der Waals surface area contributed by atoms with Gasteiger partial charge in [0.25, 0.3) is 5.56 Å². The predicted octanol–water partition coefficient (Wildman–Crippen LogP) is 5.48. The Kier molecular flexibility index (Phi) is 12.4. The number of nitrogen functional groups attached to an aromatic ring is 1. The number of carboxylic acid groups (broad SMARTS) is 2. The lowest BCUT2D eigenvalue weighted by Gasteiger charge is -2.32. The molecule has 0 radical (unpaired) electrons. The summed E-state index contributed by atoms with van der Waals surface area (Å²) in [6.07, 6.45) is -2.54. The SMILES string of the molecule is CC(C)C[C@H](NC1CCC(Oc2cc(F)c(-n3c(N)c(C(=O)c4ccc(F)cc4)ccc3=O)c(F)c2)CC1)C(=O)O.O=C(O)C(F)(F)F. The number of nitrogens with two attached hydrogens (primary N) is 1. The lowest BCUT2D eigenvalue weighted by Crippen LogP contribution is -2.46. The number of rotatable bonds is 10. The van der Waals surface area contributed by atoms with Crippen molar-refractivity contribution in [2.45, 2.75) is 70.3 Å². The third kappa shape index (κ3) is 9.82. The first kappa shape index (κ1) is 37.6. The molecule has 1 aliphatic rings. The molecule has 10 nitrogen and oxygen atoms in total. The van der Waals surface area contributed by atoms with Gasteiger partial charge in [-0.2, -0.15) is 13.2 Å². The number of aliphatic carboxylic acids is 2. The van der Waals surface area contributed by atoms with Crippen LogP contribution in [0.3, 0.4) is 0 Å². The monoisotopic (exact) mass is 685 g/mol. The van der Waals surface area contributed by atoms with Crippen molar-refractivity contribution in [3.05, 3.63) is 87.5 Å². The van der Waals surface area contributed by atoms with Crippen molar-refractivity contribution < 1.29 is 55.7 Å². The van der Waals surface area contributed by atoms with Crippen LogP contribution in [0, 0.1) is 23.4 Å². The number of nitrogens with one attached hydrogen (secondary N) is 1. The van der Waals surface area contributed by atoms with E-state index in [2.05, 4.69) is 5.32 Å². The zero-order valence-corrected chi connectivity index (χ0v) is 25.7. The van der Waals surface area contributed by atoms with Gasteiger partial charge in [-0.15, -0.1) is 0 Å². The number of carbonyl (C=O) groups excluding carboxylic acids is 1. The number of anilines is 1. The first-order valence-corrected chi connectivity index (χ1v) is 14.7. The molecule has 1 atom stereocenters. The van der Waals surface area contributed by atoms with Gasteiger partial charge in [-0.3, -0.25) is 19.0 Å². The number of pyridine rings is 1. The first-order chi connectivity index (χ1) is 22.4. The predicted molar refractivity (Wildman–Crippen MR) is 161 cm³/mol. The van der Waals surface area contributed by atoms with Crippen LogP contribution in [-0.4, -0.2) is 56.9 Å². The minimum absolute atomic E-state index is 0.00899. The minimum Gasteiger partial charge on any atom is -0.490 e. The Morgan fingerprint density at radius 2 is 1.50 bits per heavy atom. The van der Waals surface area contributed by atoms with Crippen molar-refractivity contribution in [1.29, 1.82) is 0 Å². The molecule has 0 saturated heterocycles. The fourth-order valence-electron chi connectivity index (χ4n) is 5.09. The largest absolute Gasteiger partial charge is 0.490 e. The standard InChI is InChI=1S/C30H32F3N3O5.C2HF3O2/c1-16(2)13-25(30(39)40)35-19-7-9-20(10-8-19)41-21-14-23(32)27(24(33)15-21)36-26(37)12-11-22(29(36)34)28(38)17-3-5-18(31)6-4-17;3-2(4,5)1(6)7/h3-6,11-12,14-16,19-20,25,35H,7-10,13,34H2,1-2H3,(H,39,40);(H,6,7)/t19?,20?,25-;/m0./s1. The first-order valence-electron chi connectivity index (χ1n) is 14.7. The molecule has 0 spiro atoms.